The molecule has 0 radical (unpaired) electrons. The summed E-state index contributed by atoms with van der Waals surface area (Å²) >= 11 is 1.49. The predicted molar refractivity (Wildman–Crippen MR) is 163 cm³/mol. The first-order chi connectivity index (χ1) is 20.0. The predicted octanol–water partition coefficient (Wildman–Crippen LogP) is 3.13. The summed E-state index contributed by atoms with van der Waals surface area (Å²) in [6, 6.07) is 20.3. The Labute approximate surface area is 250 Å². The van der Waals surface area contributed by atoms with Crippen LogP contribution in [0.15, 0.2) is 72.8 Å². The number of hydrogen-bond acceptors (Lipinski definition) is 7. The van der Waals surface area contributed by atoms with Gasteiger partial charge in [0, 0.05) is 37.5 Å². The van der Waals surface area contributed by atoms with E-state index in [0.717, 1.165) is 16.8 Å². The number of benzene rings is 3. The molecule has 2 aliphatic rings. The molecule has 0 bridgehead atoms. The average Bonchev–Trinajstić information content (AvgIpc) is 3.30. The lowest BCUT2D eigenvalue weighted by Crippen LogP contribution is -2.73. The number of phenolic OH excluding ortho intramolecular Hbond substituents is 1. The first kappa shape index (κ1) is 29.5. The lowest BCUT2D eigenvalue weighted by atomic mass is 9.92. The third-order valence-corrected chi connectivity index (χ3v) is 9.66. The van der Waals surface area contributed by atoms with Crippen LogP contribution in [0, 0.1) is 6.92 Å². The Morgan fingerprint density at radius 2 is 1.74 bits per heavy atom. The second-order valence-electron chi connectivity index (χ2n) is 11.2. The summed E-state index contributed by atoms with van der Waals surface area (Å²) in [5.74, 6) is -1.06. The minimum atomic E-state index is -1.59. The average molecular weight is 589 g/mol. The van der Waals surface area contributed by atoms with Crippen molar-refractivity contribution in [2.75, 3.05) is 24.9 Å². The fourth-order valence-corrected chi connectivity index (χ4v) is 6.98. The van der Waals surface area contributed by atoms with E-state index < -0.39 is 34.9 Å². The number of nitrogens with one attached hydrogen (secondary N) is 1. The molecule has 10 heteroatoms. The molecule has 0 aromatic heterocycles. The van der Waals surface area contributed by atoms with Gasteiger partial charge >= 0.3 is 0 Å². The molecule has 220 valence electrons. The van der Waals surface area contributed by atoms with Crippen molar-refractivity contribution in [2.24, 2.45) is 0 Å². The SMILES string of the molecule is Cc1c(O)cccc1C(=O)N[C@@H](Cc1ccccc1)[C@H](O)C(=O)N1CSC2(C)[C@H]1C(=O)N2Cc1ccc(N(C)C)cc1. The Kier molecular flexibility index (Phi) is 8.21. The second kappa shape index (κ2) is 11.7. The highest BCUT2D eigenvalue weighted by atomic mass is 32.2. The summed E-state index contributed by atoms with van der Waals surface area (Å²) in [5.41, 5.74) is 3.54. The van der Waals surface area contributed by atoms with E-state index in [4.69, 9.17) is 0 Å². The number of β-lactam (4-membered cyclic amide) rings is 1. The molecular formula is C32H36N4O5S. The first-order valence-corrected chi connectivity index (χ1v) is 14.8. The van der Waals surface area contributed by atoms with Crippen molar-refractivity contribution in [2.45, 2.75) is 49.9 Å². The fourth-order valence-electron chi connectivity index (χ4n) is 5.61. The van der Waals surface area contributed by atoms with Gasteiger partial charge in [-0.2, -0.15) is 0 Å². The number of phenols is 1. The Hall–Kier alpha value is -4.02. The molecule has 3 aromatic carbocycles. The van der Waals surface area contributed by atoms with Crippen LogP contribution < -0.4 is 10.2 Å². The van der Waals surface area contributed by atoms with E-state index in [0.29, 0.717) is 12.1 Å². The number of aliphatic hydroxyl groups is 1. The normalized spacial score (nSPS) is 20.9. The summed E-state index contributed by atoms with van der Waals surface area (Å²) in [6.07, 6.45) is -1.39. The molecule has 3 aromatic rings. The molecule has 2 heterocycles. The molecule has 2 fully saturated rings. The van der Waals surface area contributed by atoms with Gasteiger partial charge in [0.25, 0.3) is 11.8 Å². The highest BCUT2D eigenvalue weighted by molar-refractivity contribution is 8.01. The van der Waals surface area contributed by atoms with Crippen LogP contribution in [0.3, 0.4) is 0 Å². The Morgan fingerprint density at radius 3 is 2.40 bits per heavy atom. The highest BCUT2D eigenvalue weighted by Crippen LogP contribution is 2.51. The number of aromatic hydroxyl groups is 1. The van der Waals surface area contributed by atoms with Crippen molar-refractivity contribution in [3.8, 4) is 5.75 Å². The van der Waals surface area contributed by atoms with Crippen molar-refractivity contribution in [1.29, 1.82) is 0 Å². The minimum Gasteiger partial charge on any atom is -0.508 e. The zero-order chi connectivity index (χ0) is 30.2. The van der Waals surface area contributed by atoms with E-state index >= 15 is 0 Å². The van der Waals surface area contributed by atoms with Gasteiger partial charge in [0.1, 0.15) is 16.7 Å². The standard InChI is InChI=1S/C32H36N4O5S/c1-20-24(11-8-12-26(20)37)29(39)33-25(17-21-9-6-5-7-10-21)27(38)30(40)35-19-42-32(2)28(35)31(41)36(32)18-22-13-15-23(16-14-22)34(3)4/h5-16,25,27-28,37-38H,17-19H2,1-4H3,(H,33,39)/t25-,27-,28+,32?/m0/s1. The lowest BCUT2D eigenvalue weighted by molar-refractivity contribution is -0.168. The van der Waals surface area contributed by atoms with Crippen molar-refractivity contribution >= 4 is 35.2 Å². The summed E-state index contributed by atoms with van der Waals surface area (Å²) < 4.78 is 0. The van der Waals surface area contributed by atoms with Gasteiger partial charge in [0.15, 0.2) is 6.10 Å². The van der Waals surface area contributed by atoms with Gasteiger partial charge in [-0.1, -0.05) is 48.5 Å². The molecule has 4 atom stereocenters. The Bertz CT molecular complexity index is 1480. The lowest BCUT2D eigenvalue weighted by Gasteiger charge is -2.52. The number of amides is 3. The second-order valence-corrected chi connectivity index (χ2v) is 12.6. The Balaban J connectivity index is 1.32. The molecule has 0 saturated carbocycles. The summed E-state index contributed by atoms with van der Waals surface area (Å²) in [4.78, 5) is 45.0. The van der Waals surface area contributed by atoms with E-state index in [2.05, 4.69) is 5.32 Å². The van der Waals surface area contributed by atoms with Gasteiger partial charge in [-0.25, -0.2) is 0 Å². The fraction of sp³-hybridized carbons (Fsp3) is 0.344. The van der Waals surface area contributed by atoms with Crippen LogP contribution in [0.25, 0.3) is 0 Å². The molecule has 0 spiro atoms. The first-order valence-electron chi connectivity index (χ1n) is 13.8. The van der Waals surface area contributed by atoms with Crippen LogP contribution in [-0.2, 0) is 22.6 Å². The third-order valence-electron chi connectivity index (χ3n) is 8.23. The van der Waals surface area contributed by atoms with Crippen molar-refractivity contribution in [3.05, 3.63) is 95.1 Å². The van der Waals surface area contributed by atoms with Crippen molar-refractivity contribution in [1.82, 2.24) is 15.1 Å². The highest BCUT2D eigenvalue weighted by Gasteiger charge is 2.65. The quantitative estimate of drug-likeness (QED) is 0.329. The molecule has 0 aliphatic carbocycles. The number of carbonyl (C=O) groups excluding carboxylic acids is 3. The van der Waals surface area contributed by atoms with E-state index in [1.165, 1.54) is 22.7 Å². The van der Waals surface area contributed by atoms with Crippen LogP contribution >= 0.6 is 11.8 Å². The zero-order valence-corrected chi connectivity index (χ0v) is 25.0. The van der Waals surface area contributed by atoms with Crippen LogP contribution in [0.5, 0.6) is 5.75 Å². The number of anilines is 1. The maximum absolute atomic E-state index is 13.8. The Morgan fingerprint density at radius 1 is 1.05 bits per heavy atom. The maximum atomic E-state index is 13.8. The van der Waals surface area contributed by atoms with Gasteiger partial charge in [0.05, 0.1) is 11.9 Å². The smallest absolute Gasteiger partial charge is 0.255 e. The van der Waals surface area contributed by atoms with Gasteiger partial charge in [-0.05, 0) is 55.7 Å². The van der Waals surface area contributed by atoms with Crippen LogP contribution in [0.1, 0.15) is 34.0 Å². The van der Waals surface area contributed by atoms with E-state index in [9.17, 15) is 24.6 Å². The minimum absolute atomic E-state index is 0.0195. The number of nitrogens with zero attached hydrogens (tertiary/aromatic N) is 3. The number of carbonyl (C=O) groups is 3. The third kappa shape index (κ3) is 5.44. The molecule has 2 aliphatic heterocycles. The summed E-state index contributed by atoms with van der Waals surface area (Å²) in [7, 11) is 3.94. The number of rotatable bonds is 9. The topological polar surface area (TPSA) is 113 Å². The van der Waals surface area contributed by atoms with Gasteiger partial charge in [-0.3, -0.25) is 14.4 Å². The molecule has 5 rings (SSSR count). The van der Waals surface area contributed by atoms with Gasteiger partial charge in [-0.15, -0.1) is 11.8 Å². The van der Waals surface area contributed by atoms with E-state index in [-0.39, 0.29) is 29.5 Å². The number of aliphatic hydroxyl groups excluding tert-OH is 1. The zero-order valence-electron chi connectivity index (χ0n) is 24.2. The maximum Gasteiger partial charge on any atom is 0.255 e. The largest absolute Gasteiger partial charge is 0.508 e. The summed E-state index contributed by atoms with van der Waals surface area (Å²) in [5, 5.41) is 24.3. The molecule has 3 N–H and O–H groups in total. The molecule has 42 heavy (non-hydrogen) atoms. The summed E-state index contributed by atoms with van der Waals surface area (Å²) in [6.45, 7) is 4.00. The molecular weight excluding hydrogens is 552 g/mol. The number of fused-ring (bicyclic) bond motifs is 1. The number of thioether (sulfide) groups is 1. The van der Waals surface area contributed by atoms with E-state index in [1.54, 1.807) is 24.0 Å². The van der Waals surface area contributed by atoms with Gasteiger partial charge in [0.2, 0.25) is 5.91 Å². The number of hydrogen-bond donors (Lipinski definition) is 3. The molecule has 1 unspecified atom stereocenters. The van der Waals surface area contributed by atoms with Gasteiger partial charge < -0.3 is 30.2 Å². The monoisotopic (exact) mass is 588 g/mol. The van der Waals surface area contributed by atoms with Crippen molar-refractivity contribution < 1.29 is 24.6 Å². The molecule has 2 saturated heterocycles. The van der Waals surface area contributed by atoms with E-state index in [1.807, 2.05) is 80.5 Å². The van der Waals surface area contributed by atoms with Crippen LogP contribution in [-0.4, -0.2) is 80.8 Å². The van der Waals surface area contributed by atoms with Crippen molar-refractivity contribution in [3.63, 3.8) is 0 Å². The van der Waals surface area contributed by atoms with Crippen LogP contribution in [0.4, 0.5) is 5.69 Å². The molecule has 3 amide bonds. The van der Waals surface area contributed by atoms with Crippen LogP contribution in [0.2, 0.25) is 0 Å². The molecule has 9 nitrogen and oxygen atoms in total. The number of likely N-dealkylation sites (tertiary alicyclic amines) is 1.